The second kappa shape index (κ2) is 6.87. The number of hydrogen-bond acceptors (Lipinski definition) is 2. The minimum Gasteiger partial charge on any atom is -0.432 e. The van der Waals surface area contributed by atoms with Crippen molar-refractivity contribution in [2.24, 2.45) is 0 Å². The van der Waals surface area contributed by atoms with Crippen LogP contribution in [0.25, 0.3) is 0 Å². The maximum absolute atomic E-state index is 5.55. The van der Waals surface area contributed by atoms with E-state index in [0.717, 1.165) is 12.0 Å². The molecular weight excluding hydrogens is 221 g/mol. The Hall–Kier alpha value is -1.74. The zero-order valence-corrected chi connectivity index (χ0v) is 10.6. The van der Waals surface area contributed by atoms with Crippen LogP contribution in [0.4, 0.5) is 5.69 Å². The fraction of sp³-hybridized carbons (Fsp3) is 0.200. The molecule has 0 aliphatic heterocycles. The van der Waals surface area contributed by atoms with Crippen LogP contribution in [-0.2, 0) is 4.65 Å². The van der Waals surface area contributed by atoms with Crippen molar-refractivity contribution in [3.63, 3.8) is 0 Å². The first kappa shape index (κ1) is 12.7. The monoisotopic (exact) mass is 238 g/mol. The van der Waals surface area contributed by atoms with E-state index in [-0.39, 0.29) is 0 Å². The van der Waals surface area contributed by atoms with Gasteiger partial charge in [0.1, 0.15) is 0 Å². The maximum Gasteiger partial charge on any atom is 0.330 e. The van der Waals surface area contributed by atoms with Gasteiger partial charge in [-0.15, -0.1) is 0 Å². The summed E-state index contributed by atoms with van der Waals surface area (Å²) in [5, 5.41) is 0. The third kappa shape index (κ3) is 3.93. The lowest BCUT2D eigenvalue weighted by Gasteiger charge is -2.19. The van der Waals surface area contributed by atoms with Crippen LogP contribution >= 0.6 is 0 Å². The van der Waals surface area contributed by atoms with Gasteiger partial charge in [0.05, 0.1) is 0 Å². The fourth-order valence-corrected chi connectivity index (χ4v) is 1.69. The van der Waals surface area contributed by atoms with Crippen molar-refractivity contribution in [2.75, 3.05) is 25.1 Å². The lowest BCUT2D eigenvalue weighted by atomic mass is 9.88. The molecule has 0 saturated carbocycles. The molecule has 0 aliphatic carbocycles. The molecule has 0 aliphatic rings. The molecule has 0 heterocycles. The Bertz CT molecular complexity index is 447. The predicted molar refractivity (Wildman–Crippen MR) is 77.5 cm³/mol. The van der Waals surface area contributed by atoms with Crippen molar-refractivity contribution in [1.29, 1.82) is 0 Å². The normalized spacial score (nSPS) is 10.1. The summed E-state index contributed by atoms with van der Waals surface area (Å²) in [5.74, 6) is 0. The average molecular weight is 238 g/mol. The third-order valence-corrected chi connectivity index (χ3v) is 2.76. The largest absolute Gasteiger partial charge is 0.432 e. The van der Waals surface area contributed by atoms with Gasteiger partial charge in [0.15, 0.2) is 0 Å². The van der Waals surface area contributed by atoms with Gasteiger partial charge in [-0.05, 0) is 12.1 Å². The Morgan fingerprint density at radius 3 is 2.22 bits per heavy atom. The van der Waals surface area contributed by atoms with E-state index in [1.807, 2.05) is 48.5 Å². The average Bonchev–Trinajstić information content (AvgIpc) is 2.45. The van der Waals surface area contributed by atoms with Crippen molar-refractivity contribution < 1.29 is 4.65 Å². The lowest BCUT2D eigenvalue weighted by molar-refractivity contribution is 0.350. The van der Waals surface area contributed by atoms with Gasteiger partial charge >= 0.3 is 7.48 Å². The van der Waals surface area contributed by atoms with Gasteiger partial charge in [-0.2, -0.15) is 0 Å². The van der Waals surface area contributed by atoms with Crippen molar-refractivity contribution in [3.8, 4) is 0 Å². The van der Waals surface area contributed by atoms with E-state index in [1.54, 1.807) is 7.48 Å². The molecule has 0 spiro atoms. The van der Waals surface area contributed by atoms with Crippen molar-refractivity contribution >= 4 is 18.6 Å². The Kier molecular flexibility index (Phi) is 4.85. The summed E-state index contributed by atoms with van der Waals surface area (Å²) in [6.07, 6.45) is 0. The van der Waals surface area contributed by atoms with E-state index in [0.29, 0.717) is 6.61 Å². The fourth-order valence-electron chi connectivity index (χ4n) is 1.69. The second-order valence-corrected chi connectivity index (χ2v) is 4.16. The van der Waals surface area contributed by atoms with E-state index in [1.165, 1.54) is 5.69 Å². The highest BCUT2D eigenvalue weighted by Crippen LogP contribution is 2.09. The Morgan fingerprint density at radius 2 is 1.56 bits per heavy atom. The smallest absolute Gasteiger partial charge is 0.330 e. The van der Waals surface area contributed by atoms with Crippen molar-refractivity contribution in [1.82, 2.24) is 0 Å². The molecule has 0 aromatic heterocycles. The SMILES string of the molecule is CN(CCO[B]c1ccccc1)c1ccccc1. The summed E-state index contributed by atoms with van der Waals surface area (Å²) in [7, 11) is 3.88. The van der Waals surface area contributed by atoms with Crippen LogP contribution in [-0.4, -0.2) is 27.7 Å². The van der Waals surface area contributed by atoms with E-state index in [4.69, 9.17) is 4.65 Å². The zero-order chi connectivity index (χ0) is 12.6. The topological polar surface area (TPSA) is 12.5 Å². The number of hydrogen-bond donors (Lipinski definition) is 0. The molecular formula is C15H17BNO. The molecule has 0 N–H and O–H groups in total. The Morgan fingerprint density at radius 1 is 0.944 bits per heavy atom. The van der Waals surface area contributed by atoms with Crippen LogP contribution in [0.5, 0.6) is 0 Å². The minimum atomic E-state index is 0.681. The lowest BCUT2D eigenvalue weighted by Crippen LogP contribution is -2.26. The summed E-state index contributed by atoms with van der Waals surface area (Å²) in [5.41, 5.74) is 2.31. The van der Waals surface area contributed by atoms with Gasteiger partial charge in [-0.25, -0.2) is 0 Å². The molecule has 0 unspecified atom stereocenters. The Balaban J connectivity index is 1.70. The van der Waals surface area contributed by atoms with Gasteiger partial charge in [0.25, 0.3) is 0 Å². The van der Waals surface area contributed by atoms with Crippen LogP contribution < -0.4 is 10.4 Å². The second-order valence-electron chi connectivity index (χ2n) is 4.16. The van der Waals surface area contributed by atoms with Crippen molar-refractivity contribution in [2.45, 2.75) is 0 Å². The predicted octanol–water partition coefficient (Wildman–Crippen LogP) is 2.08. The molecule has 0 bridgehead atoms. The molecule has 2 aromatic rings. The number of likely N-dealkylation sites (N-methyl/N-ethyl adjacent to an activating group) is 1. The molecule has 1 radical (unpaired) electrons. The quantitative estimate of drug-likeness (QED) is 0.564. The van der Waals surface area contributed by atoms with E-state index < -0.39 is 0 Å². The Labute approximate surface area is 109 Å². The van der Waals surface area contributed by atoms with Crippen LogP contribution in [0.3, 0.4) is 0 Å². The molecule has 2 nitrogen and oxygen atoms in total. The molecule has 18 heavy (non-hydrogen) atoms. The number of para-hydroxylation sites is 1. The van der Waals surface area contributed by atoms with E-state index >= 15 is 0 Å². The van der Waals surface area contributed by atoms with Gasteiger partial charge in [0, 0.05) is 25.9 Å². The highest BCUT2D eigenvalue weighted by molar-refractivity contribution is 6.46. The van der Waals surface area contributed by atoms with Crippen LogP contribution in [0.15, 0.2) is 60.7 Å². The molecule has 0 saturated heterocycles. The molecule has 2 rings (SSSR count). The first-order chi connectivity index (χ1) is 8.86. The zero-order valence-electron chi connectivity index (χ0n) is 10.6. The minimum absolute atomic E-state index is 0.681. The van der Waals surface area contributed by atoms with Crippen LogP contribution in [0.1, 0.15) is 0 Å². The molecule has 0 amide bonds. The number of nitrogens with zero attached hydrogens (tertiary/aromatic N) is 1. The van der Waals surface area contributed by atoms with Gasteiger partial charge in [-0.1, -0.05) is 54.0 Å². The van der Waals surface area contributed by atoms with Gasteiger partial charge in [-0.3, -0.25) is 0 Å². The summed E-state index contributed by atoms with van der Waals surface area (Å²) in [6, 6.07) is 20.4. The molecule has 91 valence electrons. The molecule has 2 aromatic carbocycles. The first-order valence-corrected chi connectivity index (χ1v) is 6.12. The van der Waals surface area contributed by atoms with Crippen molar-refractivity contribution in [3.05, 3.63) is 60.7 Å². The first-order valence-electron chi connectivity index (χ1n) is 6.12. The third-order valence-electron chi connectivity index (χ3n) is 2.76. The standard InChI is InChI=1S/C15H17BNO/c1-17(15-10-6-3-7-11-15)12-13-18-16-14-8-4-2-5-9-14/h2-11H,12-13H2,1H3. The summed E-state index contributed by atoms with van der Waals surface area (Å²) in [6.45, 7) is 1.55. The highest BCUT2D eigenvalue weighted by Gasteiger charge is 2.00. The van der Waals surface area contributed by atoms with E-state index in [9.17, 15) is 0 Å². The number of rotatable bonds is 6. The van der Waals surface area contributed by atoms with E-state index in [2.05, 4.69) is 24.1 Å². The summed E-state index contributed by atoms with van der Waals surface area (Å²) in [4.78, 5) is 2.18. The molecule has 3 heteroatoms. The molecule has 0 fully saturated rings. The van der Waals surface area contributed by atoms with Gasteiger partial charge < -0.3 is 9.55 Å². The van der Waals surface area contributed by atoms with Crippen LogP contribution in [0.2, 0.25) is 0 Å². The number of benzene rings is 2. The number of anilines is 1. The molecule has 0 atom stereocenters. The van der Waals surface area contributed by atoms with Gasteiger partial charge in [0.2, 0.25) is 0 Å². The summed E-state index contributed by atoms with van der Waals surface area (Å²) >= 11 is 0. The highest BCUT2D eigenvalue weighted by atomic mass is 16.4. The maximum atomic E-state index is 5.55. The van der Waals surface area contributed by atoms with Crippen LogP contribution in [0, 0.1) is 0 Å². The summed E-state index contributed by atoms with van der Waals surface area (Å²) < 4.78 is 5.55.